The van der Waals surface area contributed by atoms with Gasteiger partial charge in [-0.3, -0.25) is 10.1 Å². The van der Waals surface area contributed by atoms with Gasteiger partial charge in [-0.15, -0.1) is 11.8 Å². The highest BCUT2D eigenvalue weighted by Gasteiger charge is 2.29. The van der Waals surface area contributed by atoms with E-state index in [4.69, 9.17) is 0 Å². The molecule has 0 aromatic carbocycles. The maximum atomic E-state index is 12.6. The molecule has 0 bridgehead atoms. The molecule has 1 atom stereocenters. The Bertz CT molecular complexity index is 499. The lowest BCUT2D eigenvalue weighted by molar-refractivity contribution is -0.133. The molecule has 0 radical (unpaired) electrons. The van der Waals surface area contributed by atoms with Crippen molar-refractivity contribution in [3.05, 3.63) is 24.4 Å². The number of nitrogens with zero attached hydrogens (tertiary/aromatic N) is 3. The van der Waals surface area contributed by atoms with Gasteiger partial charge in [0.05, 0.1) is 6.04 Å². The van der Waals surface area contributed by atoms with Crippen LogP contribution in [0.15, 0.2) is 24.4 Å². The minimum absolute atomic E-state index is 0.0218. The Labute approximate surface area is 142 Å². The molecule has 0 saturated carbocycles. The highest BCUT2D eigenvalue weighted by molar-refractivity contribution is 7.99. The molecule has 126 valence electrons. The first-order chi connectivity index (χ1) is 11.3. The summed E-state index contributed by atoms with van der Waals surface area (Å²) in [7, 11) is 0. The maximum absolute atomic E-state index is 12.6. The fraction of sp³-hybridized carbons (Fsp3) is 0.647. The average Bonchev–Trinajstić information content (AvgIpc) is 3.15. The smallest absolute Gasteiger partial charge is 0.240 e. The van der Waals surface area contributed by atoms with Crippen LogP contribution in [0.3, 0.4) is 0 Å². The number of amides is 1. The van der Waals surface area contributed by atoms with Crippen LogP contribution in [0.5, 0.6) is 0 Å². The zero-order valence-corrected chi connectivity index (χ0v) is 14.6. The first kappa shape index (κ1) is 16.6. The van der Waals surface area contributed by atoms with Crippen LogP contribution in [0.1, 0.15) is 19.8 Å². The zero-order chi connectivity index (χ0) is 16.1. The van der Waals surface area contributed by atoms with Crippen molar-refractivity contribution in [1.82, 2.24) is 15.2 Å². The highest BCUT2D eigenvalue weighted by Crippen LogP contribution is 2.23. The topological polar surface area (TPSA) is 48.5 Å². The highest BCUT2D eigenvalue weighted by atomic mass is 32.2. The number of piperidine rings is 1. The van der Waals surface area contributed by atoms with Gasteiger partial charge < -0.3 is 9.80 Å². The summed E-state index contributed by atoms with van der Waals surface area (Å²) in [6, 6.07) is 6.09. The van der Waals surface area contributed by atoms with Crippen molar-refractivity contribution in [3.63, 3.8) is 0 Å². The lowest BCUT2D eigenvalue weighted by Gasteiger charge is -2.35. The predicted octanol–water partition coefficient (Wildman–Crippen LogP) is 1.81. The normalized spacial score (nSPS) is 22.3. The fourth-order valence-corrected chi connectivity index (χ4v) is 4.28. The summed E-state index contributed by atoms with van der Waals surface area (Å²) in [4.78, 5) is 21.4. The Hall–Kier alpha value is -1.27. The summed E-state index contributed by atoms with van der Waals surface area (Å²) in [5.74, 6) is 3.77. The van der Waals surface area contributed by atoms with Crippen molar-refractivity contribution in [2.45, 2.75) is 25.8 Å². The Morgan fingerprint density at radius 3 is 2.87 bits per heavy atom. The van der Waals surface area contributed by atoms with Crippen molar-refractivity contribution in [1.29, 1.82) is 0 Å². The first-order valence-corrected chi connectivity index (χ1v) is 9.69. The molecule has 6 heteroatoms. The van der Waals surface area contributed by atoms with E-state index in [1.165, 1.54) is 0 Å². The average molecular weight is 334 g/mol. The molecule has 1 aromatic rings. The second-order valence-corrected chi connectivity index (χ2v) is 7.30. The van der Waals surface area contributed by atoms with E-state index in [2.05, 4.69) is 28.2 Å². The molecule has 2 aliphatic rings. The molecule has 23 heavy (non-hydrogen) atoms. The standard InChI is InChI=1S/C17H26N4OS/c1-2-20(17(22)15-12-23-13-19-15)11-14-6-9-21(10-7-14)16-5-3-4-8-18-16/h3-5,8,14-15,19H,2,6-7,9-13H2,1H3. The Kier molecular flexibility index (Phi) is 5.78. The van der Waals surface area contributed by atoms with Crippen LogP contribution in [-0.2, 0) is 4.79 Å². The van der Waals surface area contributed by atoms with Crippen LogP contribution in [0.25, 0.3) is 0 Å². The summed E-state index contributed by atoms with van der Waals surface area (Å²) in [5, 5.41) is 3.29. The molecule has 5 nitrogen and oxygen atoms in total. The Balaban J connectivity index is 1.50. The molecule has 2 saturated heterocycles. The molecule has 1 amide bonds. The third-order valence-corrected chi connectivity index (χ3v) is 5.71. The number of likely N-dealkylation sites (N-methyl/N-ethyl adjacent to an activating group) is 1. The third-order valence-electron chi connectivity index (χ3n) is 4.77. The van der Waals surface area contributed by atoms with E-state index in [9.17, 15) is 4.79 Å². The number of rotatable bonds is 5. The molecule has 2 fully saturated rings. The maximum Gasteiger partial charge on any atom is 0.240 e. The van der Waals surface area contributed by atoms with E-state index >= 15 is 0 Å². The monoisotopic (exact) mass is 334 g/mol. The Morgan fingerprint density at radius 2 is 2.26 bits per heavy atom. The van der Waals surface area contributed by atoms with Crippen molar-refractivity contribution >= 4 is 23.5 Å². The van der Waals surface area contributed by atoms with Gasteiger partial charge in [-0.1, -0.05) is 6.07 Å². The minimum atomic E-state index is 0.0218. The van der Waals surface area contributed by atoms with Gasteiger partial charge in [0, 0.05) is 44.0 Å². The van der Waals surface area contributed by atoms with Gasteiger partial charge in [-0.25, -0.2) is 4.98 Å². The van der Waals surface area contributed by atoms with E-state index in [0.717, 1.165) is 56.5 Å². The quantitative estimate of drug-likeness (QED) is 0.890. The molecule has 2 aliphatic heterocycles. The summed E-state index contributed by atoms with van der Waals surface area (Å²) >= 11 is 1.81. The van der Waals surface area contributed by atoms with Crippen molar-refractivity contribution in [3.8, 4) is 0 Å². The number of anilines is 1. The Morgan fingerprint density at radius 1 is 1.43 bits per heavy atom. The van der Waals surface area contributed by atoms with Crippen LogP contribution in [0.4, 0.5) is 5.82 Å². The van der Waals surface area contributed by atoms with Gasteiger partial charge in [0.2, 0.25) is 5.91 Å². The molecular weight excluding hydrogens is 308 g/mol. The number of hydrogen-bond acceptors (Lipinski definition) is 5. The van der Waals surface area contributed by atoms with E-state index in [0.29, 0.717) is 5.92 Å². The molecule has 1 aromatic heterocycles. The van der Waals surface area contributed by atoms with Crippen LogP contribution in [-0.4, -0.2) is 59.6 Å². The largest absolute Gasteiger partial charge is 0.357 e. The van der Waals surface area contributed by atoms with E-state index in [-0.39, 0.29) is 11.9 Å². The van der Waals surface area contributed by atoms with Crippen LogP contribution in [0, 0.1) is 5.92 Å². The molecular formula is C17H26N4OS. The second-order valence-electron chi connectivity index (χ2n) is 6.27. The van der Waals surface area contributed by atoms with Crippen LogP contribution >= 0.6 is 11.8 Å². The van der Waals surface area contributed by atoms with Gasteiger partial charge in [-0.05, 0) is 37.8 Å². The SMILES string of the molecule is CCN(CC1CCN(c2ccccn2)CC1)C(=O)C1CSCN1. The lowest BCUT2D eigenvalue weighted by Crippen LogP contribution is -2.48. The van der Waals surface area contributed by atoms with E-state index in [1.54, 1.807) is 0 Å². The lowest BCUT2D eigenvalue weighted by atomic mass is 9.96. The van der Waals surface area contributed by atoms with Gasteiger partial charge in [0.25, 0.3) is 0 Å². The number of nitrogens with one attached hydrogen (secondary N) is 1. The van der Waals surface area contributed by atoms with Gasteiger partial charge >= 0.3 is 0 Å². The molecule has 3 heterocycles. The van der Waals surface area contributed by atoms with Crippen molar-refractivity contribution < 1.29 is 4.79 Å². The fourth-order valence-electron chi connectivity index (χ4n) is 3.35. The molecule has 1 unspecified atom stereocenters. The molecule has 0 spiro atoms. The molecule has 1 N–H and O–H groups in total. The summed E-state index contributed by atoms with van der Waals surface area (Å²) in [5.41, 5.74) is 0. The minimum Gasteiger partial charge on any atom is -0.357 e. The van der Waals surface area contributed by atoms with Gasteiger partial charge in [0.1, 0.15) is 5.82 Å². The summed E-state index contributed by atoms with van der Waals surface area (Å²) in [6.07, 6.45) is 4.12. The zero-order valence-electron chi connectivity index (χ0n) is 13.8. The van der Waals surface area contributed by atoms with E-state index in [1.807, 2.05) is 35.0 Å². The van der Waals surface area contributed by atoms with Crippen molar-refractivity contribution in [2.24, 2.45) is 5.92 Å². The summed E-state index contributed by atoms with van der Waals surface area (Å²) in [6.45, 7) is 5.86. The van der Waals surface area contributed by atoms with E-state index < -0.39 is 0 Å². The van der Waals surface area contributed by atoms with Gasteiger partial charge in [-0.2, -0.15) is 0 Å². The number of aromatic nitrogens is 1. The van der Waals surface area contributed by atoms with Gasteiger partial charge in [0.15, 0.2) is 0 Å². The first-order valence-electron chi connectivity index (χ1n) is 8.54. The van der Waals surface area contributed by atoms with Crippen LogP contribution in [0.2, 0.25) is 0 Å². The summed E-state index contributed by atoms with van der Waals surface area (Å²) < 4.78 is 0. The van der Waals surface area contributed by atoms with Crippen molar-refractivity contribution in [2.75, 3.05) is 42.7 Å². The number of thioether (sulfide) groups is 1. The third kappa shape index (κ3) is 4.18. The number of carbonyl (C=O) groups excluding carboxylic acids is 1. The number of pyridine rings is 1. The number of hydrogen-bond donors (Lipinski definition) is 1. The second kappa shape index (κ2) is 8.02. The molecule has 3 rings (SSSR count). The van der Waals surface area contributed by atoms with Crippen LogP contribution < -0.4 is 10.2 Å². The number of carbonyl (C=O) groups is 1. The molecule has 0 aliphatic carbocycles. The predicted molar refractivity (Wildman–Crippen MR) is 95.7 cm³/mol.